The Balaban J connectivity index is 2.44. The standard InChI is InChI=1S/C14H17FN2O4/c15-10-4-1-9(2-5-10)3-8-13(19)17-11(14(20)21)6-7-12(16)18/h1-2,4-5,11H,3,6-8H2,(H2,16,18)(H,17,19)(H,20,21)/t11-/m1/s1. The van der Waals surface area contributed by atoms with E-state index in [4.69, 9.17) is 10.8 Å². The topological polar surface area (TPSA) is 109 Å². The summed E-state index contributed by atoms with van der Waals surface area (Å²) in [7, 11) is 0. The maximum atomic E-state index is 12.7. The van der Waals surface area contributed by atoms with Gasteiger partial charge in [0.25, 0.3) is 0 Å². The molecule has 0 unspecified atom stereocenters. The molecule has 0 radical (unpaired) electrons. The van der Waals surface area contributed by atoms with E-state index in [1.807, 2.05) is 0 Å². The monoisotopic (exact) mass is 296 g/mol. The van der Waals surface area contributed by atoms with Crippen molar-refractivity contribution in [2.45, 2.75) is 31.7 Å². The van der Waals surface area contributed by atoms with Crippen LogP contribution >= 0.6 is 0 Å². The normalized spacial score (nSPS) is 11.7. The van der Waals surface area contributed by atoms with Gasteiger partial charge < -0.3 is 16.2 Å². The Morgan fingerprint density at radius 3 is 2.33 bits per heavy atom. The number of primary amides is 1. The summed E-state index contributed by atoms with van der Waals surface area (Å²) in [5.74, 6) is -2.65. The van der Waals surface area contributed by atoms with Crippen molar-refractivity contribution in [3.63, 3.8) is 0 Å². The van der Waals surface area contributed by atoms with Gasteiger partial charge in [-0.05, 0) is 30.5 Å². The van der Waals surface area contributed by atoms with E-state index in [-0.39, 0.29) is 25.1 Å². The SMILES string of the molecule is NC(=O)CC[C@@H](NC(=O)CCc1ccc(F)cc1)C(=O)O. The first-order valence-corrected chi connectivity index (χ1v) is 6.43. The fraction of sp³-hybridized carbons (Fsp3) is 0.357. The van der Waals surface area contributed by atoms with Crippen molar-refractivity contribution in [2.24, 2.45) is 5.73 Å². The molecule has 1 rings (SSSR count). The summed E-state index contributed by atoms with van der Waals surface area (Å²) in [6.07, 6.45) is 0.280. The van der Waals surface area contributed by atoms with Crippen LogP contribution in [0.4, 0.5) is 4.39 Å². The lowest BCUT2D eigenvalue weighted by Crippen LogP contribution is -2.41. The summed E-state index contributed by atoms with van der Waals surface area (Å²) in [5, 5.41) is 11.3. The van der Waals surface area contributed by atoms with Gasteiger partial charge >= 0.3 is 5.97 Å². The molecular weight excluding hydrogens is 279 g/mol. The Hall–Kier alpha value is -2.44. The van der Waals surface area contributed by atoms with Crippen molar-refractivity contribution in [3.05, 3.63) is 35.6 Å². The Labute approximate surface area is 121 Å². The van der Waals surface area contributed by atoms with Crippen molar-refractivity contribution in [1.82, 2.24) is 5.32 Å². The third kappa shape index (κ3) is 6.51. The molecule has 2 amide bonds. The van der Waals surface area contributed by atoms with Crippen LogP contribution in [0.5, 0.6) is 0 Å². The fourth-order valence-corrected chi connectivity index (χ4v) is 1.72. The highest BCUT2D eigenvalue weighted by Gasteiger charge is 2.20. The van der Waals surface area contributed by atoms with Crippen LogP contribution in [-0.2, 0) is 20.8 Å². The van der Waals surface area contributed by atoms with Gasteiger partial charge in [-0.1, -0.05) is 12.1 Å². The van der Waals surface area contributed by atoms with Crippen LogP contribution in [0.25, 0.3) is 0 Å². The molecule has 1 aromatic carbocycles. The number of nitrogens with two attached hydrogens (primary N) is 1. The Kier molecular flexibility index (Phi) is 6.32. The van der Waals surface area contributed by atoms with E-state index in [9.17, 15) is 18.8 Å². The fourth-order valence-electron chi connectivity index (χ4n) is 1.72. The van der Waals surface area contributed by atoms with Crippen LogP contribution in [0.1, 0.15) is 24.8 Å². The second-order valence-corrected chi connectivity index (χ2v) is 4.59. The Bertz CT molecular complexity index is 516. The van der Waals surface area contributed by atoms with E-state index in [0.717, 1.165) is 5.56 Å². The van der Waals surface area contributed by atoms with Crippen LogP contribution < -0.4 is 11.1 Å². The van der Waals surface area contributed by atoms with Gasteiger partial charge in [0.05, 0.1) is 0 Å². The van der Waals surface area contributed by atoms with Crippen LogP contribution in [0.2, 0.25) is 0 Å². The number of carboxylic acid groups (broad SMARTS) is 1. The molecule has 1 atom stereocenters. The Morgan fingerprint density at radius 2 is 1.81 bits per heavy atom. The highest BCUT2D eigenvalue weighted by molar-refractivity contribution is 5.84. The van der Waals surface area contributed by atoms with Crippen LogP contribution in [0.3, 0.4) is 0 Å². The maximum Gasteiger partial charge on any atom is 0.326 e. The predicted molar refractivity (Wildman–Crippen MR) is 72.7 cm³/mol. The summed E-state index contributed by atoms with van der Waals surface area (Å²) >= 11 is 0. The minimum Gasteiger partial charge on any atom is -0.480 e. The van der Waals surface area contributed by atoms with Crippen LogP contribution in [-0.4, -0.2) is 28.9 Å². The van der Waals surface area contributed by atoms with Crippen molar-refractivity contribution >= 4 is 17.8 Å². The van der Waals surface area contributed by atoms with Gasteiger partial charge in [0, 0.05) is 12.8 Å². The van der Waals surface area contributed by atoms with E-state index < -0.39 is 23.8 Å². The molecule has 0 aliphatic carbocycles. The summed E-state index contributed by atoms with van der Waals surface area (Å²) in [5.41, 5.74) is 5.72. The molecule has 6 nitrogen and oxygen atoms in total. The number of aryl methyl sites for hydroxylation is 1. The average Bonchev–Trinajstić information content (AvgIpc) is 2.42. The van der Waals surface area contributed by atoms with E-state index in [0.29, 0.717) is 6.42 Å². The number of hydrogen-bond donors (Lipinski definition) is 3. The molecule has 7 heteroatoms. The molecule has 0 saturated heterocycles. The lowest BCUT2D eigenvalue weighted by Gasteiger charge is -2.13. The first-order chi connectivity index (χ1) is 9.88. The van der Waals surface area contributed by atoms with Crippen molar-refractivity contribution in [2.75, 3.05) is 0 Å². The van der Waals surface area contributed by atoms with E-state index >= 15 is 0 Å². The van der Waals surface area contributed by atoms with Gasteiger partial charge in [0.2, 0.25) is 11.8 Å². The summed E-state index contributed by atoms with van der Waals surface area (Å²) in [6, 6.07) is 4.56. The molecule has 0 aliphatic heterocycles. The van der Waals surface area contributed by atoms with E-state index in [1.165, 1.54) is 12.1 Å². The molecular formula is C14H17FN2O4. The number of rotatable bonds is 8. The van der Waals surface area contributed by atoms with Gasteiger partial charge in [0.1, 0.15) is 11.9 Å². The second kappa shape index (κ2) is 7.98. The average molecular weight is 296 g/mol. The van der Waals surface area contributed by atoms with Gasteiger partial charge in [-0.3, -0.25) is 9.59 Å². The first kappa shape index (κ1) is 16.6. The molecule has 1 aromatic rings. The molecule has 4 N–H and O–H groups in total. The minimum absolute atomic E-state index is 0.0487. The number of carbonyl (C=O) groups excluding carboxylic acids is 2. The number of carbonyl (C=O) groups is 3. The molecule has 0 saturated carbocycles. The minimum atomic E-state index is -1.22. The molecule has 0 bridgehead atoms. The quantitative estimate of drug-likeness (QED) is 0.652. The largest absolute Gasteiger partial charge is 0.480 e. The number of amides is 2. The Morgan fingerprint density at radius 1 is 1.19 bits per heavy atom. The molecule has 114 valence electrons. The number of benzene rings is 1. The van der Waals surface area contributed by atoms with Gasteiger partial charge in [0.15, 0.2) is 0 Å². The van der Waals surface area contributed by atoms with Crippen LogP contribution in [0, 0.1) is 5.82 Å². The number of halogens is 1. The van der Waals surface area contributed by atoms with E-state index in [2.05, 4.69) is 5.32 Å². The zero-order chi connectivity index (χ0) is 15.8. The molecule has 0 aromatic heterocycles. The summed E-state index contributed by atoms with van der Waals surface area (Å²) in [4.78, 5) is 33.3. The number of hydrogen-bond acceptors (Lipinski definition) is 3. The third-order valence-electron chi connectivity index (χ3n) is 2.87. The number of carboxylic acids is 1. The molecule has 0 spiro atoms. The van der Waals surface area contributed by atoms with Crippen molar-refractivity contribution in [3.8, 4) is 0 Å². The summed E-state index contributed by atoms with van der Waals surface area (Å²) < 4.78 is 12.7. The zero-order valence-electron chi connectivity index (χ0n) is 11.3. The molecule has 0 heterocycles. The molecule has 0 fully saturated rings. The van der Waals surface area contributed by atoms with Crippen molar-refractivity contribution in [1.29, 1.82) is 0 Å². The van der Waals surface area contributed by atoms with Gasteiger partial charge in [-0.15, -0.1) is 0 Å². The van der Waals surface area contributed by atoms with Crippen LogP contribution in [0.15, 0.2) is 24.3 Å². The van der Waals surface area contributed by atoms with E-state index in [1.54, 1.807) is 12.1 Å². The number of nitrogens with one attached hydrogen (secondary N) is 1. The zero-order valence-corrected chi connectivity index (χ0v) is 11.3. The first-order valence-electron chi connectivity index (χ1n) is 6.43. The van der Waals surface area contributed by atoms with Gasteiger partial charge in [-0.2, -0.15) is 0 Å². The van der Waals surface area contributed by atoms with Gasteiger partial charge in [-0.25, -0.2) is 9.18 Å². The smallest absolute Gasteiger partial charge is 0.326 e. The second-order valence-electron chi connectivity index (χ2n) is 4.59. The lowest BCUT2D eigenvalue weighted by molar-refractivity contribution is -0.142. The highest BCUT2D eigenvalue weighted by atomic mass is 19.1. The molecule has 0 aliphatic rings. The third-order valence-corrected chi connectivity index (χ3v) is 2.87. The highest BCUT2D eigenvalue weighted by Crippen LogP contribution is 2.06. The molecule has 21 heavy (non-hydrogen) atoms. The summed E-state index contributed by atoms with van der Waals surface area (Å²) in [6.45, 7) is 0. The maximum absolute atomic E-state index is 12.7. The predicted octanol–water partition coefficient (Wildman–Crippen LogP) is 0.593. The number of aliphatic carboxylic acids is 1. The lowest BCUT2D eigenvalue weighted by atomic mass is 10.1. The van der Waals surface area contributed by atoms with Crippen molar-refractivity contribution < 1.29 is 23.9 Å².